The third kappa shape index (κ3) is 7.88. The normalized spacial score (nSPS) is 15.9. The minimum Gasteiger partial charge on any atom is -0.497 e. The van der Waals surface area contributed by atoms with Gasteiger partial charge in [0.05, 0.1) is 36.9 Å². The first kappa shape index (κ1) is 26.3. The molecule has 1 aliphatic carbocycles. The summed E-state index contributed by atoms with van der Waals surface area (Å²) in [5.41, 5.74) is 1.79. The number of ether oxygens (including phenoxy) is 2. The molecule has 2 aromatic rings. The van der Waals surface area contributed by atoms with Crippen molar-refractivity contribution in [2.24, 2.45) is 10.9 Å². The molecule has 5 nitrogen and oxygen atoms in total. The fourth-order valence-electron chi connectivity index (χ4n) is 4.25. The van der Waals surface area contributed by atoms with E-state index >= 15 is 0 Å². The Balaban J connectivity index is 1.88. The molecule has 0 radical (unpaired) electrons. The maximum atomic E-state index is 12.4. The van der Waals surface area contributed by atoms with Gasteiger partial charge in [-0.25, -0.2) is 4.79 Å². The molecule has 3 rings (SSSR count). The van der Waals surface area contributed by atoms with Gasteiger partial charge in [0.1, 0.15) is 5.75 Å². The van der Waals surface area contributed by atoms with Crippen molar-refractivity contribution in [2.75, 3.05) is 14.2 Å². The van der Waals surface area contributed by atoms with Crippen LogP contribution < -0.4 is 10.1 Å². The first-order valence-electron chi connectivity index (χ1n) is 12.3. The fraction of sp³-hybridized carbons (Fsp3) is 0.500. The van der Waals surface area contributed by atoms with Crippen molar-refractivity contribution < 1.29 is 14.3 Å². The number of thioether (sulfide) groups is 1. The van der Waals surface area contributed by atoms with Crippen LogP contribution in [0.25, 0.3) is 0 Å². The largest absolute Gasteiger partial charge is 0.497 e. The Morgan fingerprint density at radius 2 is 1.76 bits per heavy atom. The van der Waals surface area contributed by atoms with Crippen LogP contribution in [0.5, 0.6) is 5.75 Å². The summed E-state index contributed by atoms with van der Waals surface area (Å²) in [5, 5.41) is 4.83. The zero-order valence-electron chi connectivity index (χ0n) is 20.9. The van der Waals surface area contributed by atoms with E-state index in [9.17, 15) is 4.79 Å². The summed E-state index contributed by atoms with van der Waals surface area (Å²) < 4.78 is 10.3. The zero-order valence-corrected chi connectivity index (χ0v) is 21.7. The van der Waals surface area contributed by atoms with Crippen LogP contribution in [0.2, 0.25) is 0 Å². The van der Waals surface area contributed by atoms with Crippen molar-refractivity contribution in [2.45, 2.75) is 75.9 Å². The molecule has 0 aliphatic heterocycles. The molecule has 0 spiro atoms. The van der Waals surface area contributed by atoms with Crippen LogP contribution in [0.15, 0.2) is 58.4 Å². The highest BCUT2D eigenvalue weighted by molar-refractivity contribution is 8.14. The van der Waals surface area contributed by atoms with Crippen LogP contribution in [0.3, 0.4) is 0 Å². The molecule has 0 heterocycles. The molecule has 1 atom stereocenters. The number of aliphatic imine (C=N–C) groups is 1. The van der Waals surface area contributed by atoms with Crippen molar-refractivity contribution in [1.29, 1.82) is 0 Å². The highest BCUT2D eigenvalue weighted by Gasteiger charge is 2.23. The van der Waals surface area contributed by atoms with E-state index in [-0.39, 0.29) is 12.0 Å². The number of rotatable bonds is 10. The second kappa shape index (κ2) is 13.5. The average Bonchev–Trinajstić information content (AvgIpc) is 2.86. The van der Waals surface area contributed by atoms with E-state index in [0.717, 1.165) is 41.5 Å². The maximum absolute atomic E-state index is 12.4. The van der Waals surface area contributed by atoms with Gasteiger partial charge in [-0.05, 0) is 55.0 Å². The predicted octanol–water partition coefficient (Wildman–Crippen LogP) is 6.51. The molecule has 1 fully saturated rings. The van der Waals surface area contributed by atoms with E-state index in [1.165, 1.54) is 31.9 Å². The quantitative estimate of drug-likeness (QED) is 0.181. The van der Waals surface area contributed by atoms with Crippen molar-refractivity contribution >= 4 is 22.8 Å². The van der Waals surface area contributed by atoms with Gasteiger partial charge >= 0.3 is 5.97 Å². The SMILES string of the molecule is COC(=O)c1ccccc1SC(=NC1CCCCC1)C(CC(C)C)NCc1ccc(OC)cc1. The number of hydrogen-bond acceptors (Lipinski definition) is 6. The molecule has 0 aromatic heterocycles. The van der Waals surface area contributed by atoms with E-state index in [1.54, 1.807) is 18.9 Å². The van der Waals surface area contributed by atoms with Crippen molar-refractivity contribution in [3.8, 4) is 5.75 Å². The number of benzene rings is 2. The molecule has 0 amide bonds. The van der Waals surface area contributed by atoms with Crippen LogP contribution in [-0.2, 0) is 11.3 Å². The lowest BCUT2D eigenvalue weighted by Gasteiger charge is -2.26. The Kier molecular flexibility index (Phi) is 10.5. The molecule has 1 N–H and O–H groups in total. The monoisotopic (exact) mass is 482 g/mol. The Bertz CT molecular complexity index is 937. The van der Waals surface area contributed by atoms with Gasteiger partial charge in [-0.1, -0.05) is 69.1 Å². The van der Waals surface area contributed by atoms with E-state index in [4.69, 9.17) is 14.5 Å². The van der Waals surface area contributed by atoms with Gasteiger partial charge in [0.15, 0.2) is 0 Å². The minimum atomic E-state index is -0.313. The summed E-state index contributed by atoms with van der Waals surface area (Å²) in [5.74, 6) is 1.05. The van der Waals surface area contributed by atoms with Gasteiger partial charge in [-0.3, -0.25) is 4.99 Å². The molecule has 34 heavy (non-hydrogen) atoms. The Labute approximate surface area is 208 Å². The summed E-state index contributed by atoms with van der Waals surface area (Å²) in [4.78, 5) is 18.6. The van der Waals surface area contributed by atoms with E-state index < -0.39 is 0 Å². The summed E-state index contributed by atoms with van der Waals surface area (Å²) >= 11 is 1.61. The molecule has 184 valence electrons. The number of carbonyl (C=O) groups is 1. The Morgan fingerprint density at radius 1 is 1.06 bits per heavy atom. The molecule has 6 heteroatoms. The van der Waals surface area contributed by atoms with Crippen LogP contribution in [0, 0.1) is 5.92 Å². The van der Waals surface area contributed by atoms with E-state index in [0.29, 0.717) is 17.5 Å². The van der Waals surface area contributed by atoms with E-state index in [2.05, 4.69) is 31.3 Å². The minimum absolute atomic E-state index is 0.0970. The van der Waals surface area contributed by atoms with Gasteiger partial charge in [-0.15, -0.1) is 0 Å². The summed E-state index contributed by atoms with van der Waals surface area (Å²) in [6.07, 6.45) is 7.00. The lowest BCUT2D eigenvalue weighted by molar-refractivity contribution is 0.0597. The summed E-state index contributed by atoms with van der Waals surface area (Å²) in [6.45, 7) is 5.23. The maximum Gasteiger partial charge on any atom is 0.339 e. The standard InChI is InChI=1S/C28H38N2O3S/c1-20(2)18-25(29-19-21-14-16-23(32-3)17-15-21)27(30-22-10-6-5-7-11-22)34-26-13-9-8-12-24(26)28(31)33-4/h8-9,12-17,20,22,25,29H,5-7,10-11,18-19H2,1-4H3. The van der Waals surface area contributed by atoms with Gasteiger partial charge in [-0.2, -0.15) is 0 Å². The second-order valence-corrected chi connectivity index (χ2v) is 10.3. The van der Waals surface area contributed by atoms with Gasteiger partial charge in [0.2, 0.25) is 0 Å². The van der Waals surface area contributed by atoms with Crippen LogP contribution in [0.1, 0.15) is 68.3 Å². The van der Waals surface area contributed by atoms with Crippen molar-refractivity contribution in [3.05, 3.63) is 59.7 Å². The lowest BCUT2D eigenvalue weighted by atomic mass is 9.96. The molecule has 1 saturated carbocycles. The predicted molar refractivity (Wildman–Crippen MR) is 141 cm³/mol. The number of hydrogen-bond donors (Lipinski definition) is 1. The average molecular weight is 483 g/mol. The molecular formula is C28H38N2O3S. The topological polar surface area (TPSA) is 59.9 Å². The van der Waals surface area contributed by atoms with Crippen LogP contribution in [0.4, 0.5) is 0 Å². The summed E-state index contributed by atoms with van der Waals surface area (Å²) in [7, 11) is 3.11. The van der Waals surface area contributed by atoms with Gasteiger partial charge in [0.25, 0.3) is 0 Å². The number of carbonyl (C=O) groups excluding carboxylic acids is 1. The molecule has 1 unspecified atom stereocenters. The molecule has 2 aromatic carbocycles. The first-order valence-corrected chi connectivity index (χ1v) is 13.1. The number of nitrogens with one attached hydrogen (secondary N) is 1. The van der Waals surface area contributed by atoms with Crippen molar-refractivity contribution in [3.63, 3.8) is 0 Å². The number of nitrogens with zero attached hydrogens (tertiary/aromatic N) is 1. The molecule has 1 aliphatic rings. The fourth-order valence-corrected chi connectivity index (χ4v) is 5.41. The molecule has 0 bridgehead atoms. The van der Waals surface area contributed by atoms with E-state index in [1.807, 2.05) is 36.4 Å². The Morgan fingerprint density at radius 3 is 2.41 bits per heavy atom. The molecular weight excluding hydrogens is 444 g/mol. The van der Waals surface area contributed by atoms with Gasteiger partial charge < -0.3 is 14.8 Å². The first-order chi connectivity index (χ1) is 16.5. The van der Waals surface area contributed by atoms with Gasteiger partial charge in [0, 0.05) is 11.4 Å². The highest BCUT2D eigenvalue weighted by Crippen LogP contribution is 2.30. The lowest BCUT2D eigenvalue weighted by Crippen LogP contribution is -2.37. The third-order valence-corrected chi connectivity index (χ3v) is 7.28. The summed E-state index contributed by atoms with van der Waals surface area (Å²) in [6, 6.07) is 16.3. The van der Waals surface area contributed by atoms with Crippen LogP contribution in [-0.4, -0.2) is 37.3 Å². The Hall–Kier alpha value is -2.31. The van der Waals surface area contributed by atoms with Crippen LogP contribution >= 0.6 is 11.8 Å². The highest BCUT2D eigenvalue weighted by atomic mass is 32.2. The number of methoxy groups -OCH3 is 2. The zero-order chi connectivity index (χ0) is 24.3. The number of esters is 1. The third-order valence-electron chi connectivity index (χ3n) is 6.11. The smallest absolute Gasteiger partial charge is 0.339 e. The second-order valence-electron chi connectivity index (χ2n) is 9.26. The van der Waals surface area contributed by atoms with Crippen molar-refractivity contribution in [1.82, 2.24) is 5.32 Å². The molecule has 0 saturated heterocycles.